The van der Waals surface area contributed by atoms with Gasteiger partial charge in [0.25, 0.3) is 0 Å². The highest BCUT2D eigenvalue weighted by atomic mass is 32.1. The molecule has 2 N–H and O–H groups in total. The molecule has 2 aromatic rings. The van der Waals surface area contributed by atoms with E-state index in [4.69, 9.17) is 9.47 Å². The molecule has 0 aromatic heterocycles. The lowest BCUT2D eigenvalue weighted by atomic mass is 9.88. The molecular formula is C17H20O4S. The van der Waals surface area contributed by atoms with Crippen LogP contribution in [0, 0.1) is 0 Å². The summed E-state index contributed by atoms with van der Waals surface area (Å²) in [6.45, 7) is 2.01. The van der Waals surface area contributed by atoms with Crippen LogP contribution in [-0.2, 0) is 0 Å². The Hall–Kier alpha value is -2.01. The molecule has 0 amide bonds. The Morgan fingerprint density at radius 3 is 2.05 bits per heavy atom. The van der Waals surface area contributed by atoms with Crippen molar-refractivity contribution in [3.63, 3.8) is 0 Å². The molecule has 0 saturated carbocycles. The Morgan fingerprint density at radius 2 is 1.55 bits per heavy atom. The first-order valence-electron chi connectivity index (χ1n) is 7.00. The highest BCUT2D eigenvalue weighted by Gasteiger charge is 2.28. The van der Waals surface area contributed by atoms with E-state index in [-0.39, 0.29) is 28.9 Å². The molecule has 0 heterocycles. The molecule has 0 aliphatic rings. The number of methoxy groups -OCH3 is 2. The van der Waals surface area contributed by atoms with Crippen LogP contribution in [0.4, 0.5) is 0 Å². The molecule has 0 aliphatic carbocycles. The molecule has 118 valence electrons. The van der Waals surface area contributed by atoms with Crippen LogP contribution in [0.1, 0.15) is 30.4 Å². The van der Waals surface area contributed by atoms with Gasteiger partial charge in [0.2, 0.25) is 11.5 Å². The van der Waals surface area contributed by atoms with E-state index in [1.165, 1.54) is 14.2 Å². The first-order chi connectivity index (χ1) is 10.6. The van der Waals surface area contributed by atoms with Crippen molar-refractivity contribution in [3.05, 3.63) is 41.5 Å². The number of ether oxygens (including phenoxy) is 2. The van der Waals surface area contributed by atoms with Crippen molar-refractivity contribution >= 4 is 12.6 Å². The van der Waals surface area contributed by atoms with Gasteiger partial charge >= 0.3 is 0 Å². The van der Waals surface area contributed by atoms with Gasteiger partial charge in [0.1, 0.15) is 0 Å². The minimum atomic E-state index is -0.134. The third kappa shape index (κ3) is 2.68. The Labute approximate surface area is 135 Å². The summed E-state index contributed by atoms with van der Waals surface area (Å²) in [6.07, 6.45) is 0.736. The normalized spacial score (nSPS) is 12.0. The Morgan fingerprint density at radius 1 is 1.00 bits per heavy atom. The predicted molar refractivity (Wildman–Crippen MR) is 88.7 cm³/mol. The maximum absolute atomic E-state index is 10.6. The van der Waals surface area contributed by atoms with Crippen LogP contribution in [0.15, 0.2) is 35.2 Å². The number of hydrogen-bond donors (Lipinski definition) is 3. The van der Waals surface area contributed by atoms with E-state index in [0.29, 0.717) is 10.5 Å². The molecule has 0 saturated heterocycles. The fourth-order valence-corrected chi connectivity index (χ4v) is 3.05. The number of thiol groups is 1. The largest absolute Gasteiger partial charge is 0.504 e. The molecule has 0 fully saturated rings. The van der Waals surface area contributed by atoms with Gasteiger partial charge in [-0.1, -0.05) is 37.3 Å². The molecule has 22 heavy (non-hydrogen) atoms. The maximum Gasteiger partial charge on any atom is 0.208 e. The van der Waals surface area contributed by atoms with Gasteiger partial charge < -0.3 is 19.7 Å². The first kappa shape index (κ1) is 16.4. The van der Waals surface area contributed by atoms with Crippen molar-refractivity contribution in [1.82, 2.24) is 0 Å². The van der Waals surface area contributed by atoms with E-state index in [9.17, 15) is 10.2 Å². The van der Waals surface area contributed by atoms with Crippen molar-refractivity contribution in [2.24, 2.45) is 0 Å². The van der Waals surface area contributed by atoms with Gasteiger partial charge in [-0.25, -0.2) is 0 Å². The lowest BCUT2D eigenvalue weighted by Crippen LogP contribution is -2.04. The summed E-state index contributed by atoms with van der Waals surface area (Å²) < 4.78 is 10.3. The van der Waals surface area contributed by atoms with E-state index in [1.54, 1.807) is 0 Å². The Balaban J connectivity index is 2.71. The quantitative estimate of drug-likeness (QED) is 0.577. The minimum absolute atomic E-state index is 0.0575. The predicted octanol–water partition coefficient (Wildman–Crippen LogP) is 3.95. The molecule has 1 atom stereocenters. The molecule has 0 spiro atoms. The zero-order valence-electron chi connectivity index (χ0n) is 12.8. The van der Waals surface area contributed by atoms with Crippen LogP contribution < -0.4 is 9.47 Å². The van der Waals surface area contributed by atoms with Gasteiger partial charge in [-0.3, -0.25) is 0 Å². The molecule has 5 heteroatoms. The van der Waals surface area contributed by atoms with Gasteiger partial charge in [0, 0.05) is 11.5 Å². The van der Waals surface area contributed by atoms with E-state index < -0.39 is 0 Å². The number of phenolic OH excluding ortho intramolecular Hbond substituents is 2. The number of aromatic hydroxyl groups is 2. The van der Waals surface area contributed by atoms with Crippen molar-refractivity contribution in [3.8, 4) is 23.0 Å². The zero-order chi connectivity index (χ0) is 16.3. The summed E-state index contributed by atoms with van der Waals surface area (Å²) in [5, 5.41) is 20.9. The minimum Gasteiger partial charge on any atom is -0.504 e. The lowest BCUT2D eigenvalue weighted by Gasteiger charge is -2.23. The van der Waals surface area contributed by atoms with Crippen molar-refractivity contribution < 1.29 is 19.7 Å². The van der Waals surface area contributed by atoms with Crippen LogP contribution >= 0.6 is 12.6 Å². The molecule has 4 nitrogen and oxygen atoms in total. The topological polar surface area (TPSA) is 58.9 Å². The van der Waals surface area contributed by atoms with Crippen LogP contribution in [0.3, 0.4) is 0 Å². The molecule has 2 rings (SSSR count). The summed E-state index contributed by atoms with van der Waals surface area (Å²) >= 11 is 4.39. The molecule has 0 aliphatic heterocycles. The van der Waals surface area contributed by atoms with Gasteiger partial charge in [0.15, 0.2) is 11.5 Å². The molecular weight excluding hydrogens is 300 g/mol. The van der Waals surface area contributed by atoms with Crippen LogP contribution in [0.25, 0.3) is 0 Å². The third-order valence-electron chi connectivity index (χ3n) is 3.74. The Kier molecular flexibility index (Phi) is 5.08. The van der Waals surface area contributed by atoms with Crippen molar-refractivity contribution in [2.45, 2.75) is 24.2 Å². The standard InChI is InChI=1S/C17H20O4S/c1-4-11(10-8-6-5-7-9-10)12-13(18)15(20-2)16(21-3)14(19)17(12)22/h5-9,11,18-19,22H,4H2,1-3H3/t11-/m0/s1. The SMILES string of the molecule is CC[C@@H](c1ccccc1)c1c(O)c(OC)c(OC)c(O)c1S. The summed E-state index contributed by atoms with van der Waals surface area (Å²) in [4.78, 5) is 0.297. The zero-order valence-corrected chi connectivity index (χ0v) is 13.7. The third-order valence-corrected chi connectivity index (χ3v) is 4.19. The fraction of sp³-hybridized carbons (Fsp3) is 0.294. The second kappa shape index (κ2) is 6.83. The van der Waals surface area contributed by atoms with Gasteiger partial charge in [-0.05, 0) is 12.0 Å². The lowest BCUT2D eigenvalue weighted by molar-refractivity contribution is 0.309. The highest BCUT2D eigenvalue weighted by molar-refractivity contribution is 7.80. The molecule has 0 radical (unpaired) electrons. The van der Waals surface area contributed by atoms with Crippen molar-refractivity contribution in [2.75, 3.05) is 14.2 Å². The summed E-state index contributed by atoms with van der Waals surface area (Å²) in [5.74, 6) is -0.110. The van der Waals surface area contributed by atoms with Crippen LogP contribution in [0.2, 0.25) is 0 Å². The van der Waals surface area contributed by atoms with E-state index in [0.717, 1.165) is 12.0 Å². The van der Waals surface area contributed by atoms with Gasteiger partial charge in [-0.2, -0.15) is 0 Å². The summed E-state index contributed by atoms with van der Waals surface area (Å²) in [7, 11) is 2.82. The second-order valence-electron chi connectivity index (χ2n) is 4.90. The number of rotatable bonds is 5. The Bertz CT molecular complexity index is 656. The smallest absolute Gasteiger partial charge is 0.208 e. The van der Waals surface area contributed by atoms with Gasteiger partial charge in [0.05, 0.1) is 19.1 Å². The number of phenols is 2. The first-order valence-corrected chi connectivity index (χ1v) is 7.45. The second-order valence-corrected chi connectivity index (χ2v) is 5.34. The molecule has 0 unspecified atom stereocenters. The van der Waals surface area contributed by atoms with Crippen LogP contribution in [0.5, 0.6) is 23.0 Å². The van der Waals surface area contributed by atoms with E-state index >= 15 is 0 Å². The summed E-state index contributed by atoms with van der Waals surface area (Å²) in [5.41, 5.74) is 1.56. The molecule has 2 aromatic carbocycles. The molecule has 0 bridgehead atoms. The average molecular weight is 320 g/mol. The fourth-order valence-electron chi connectivity index (χ4n) is 2.69. The number of hydrogen-bond acceptors (Lipinski definition) is 5. The monoisotopic (exact) mass is 320 g/mol. The average Bonchev–Trinajstić information content (AvgIpc) is 2.55. The van der Waals surface area contributed by atoms with Crippen molar-refractivity contribution in [1.29, 1.82) is 0 Å². The van der Waals surface area contributed by atoms with Gasteiger partial charge in [-0.15, -0.1) is 12.6 Å². The maximum atomic E-state index is 10.6. The van der Waals surface area contributed by atoms with Crippen LogP contribution in [-0.4, -0.2) is 24.4 Å². The number of benzene rings is 2. The van der Waals surface area contributed by atoms with E-state index in [2.05, 4.69) is 12.6 Å². The summed E-state index contributed by atoms with van der Waals surface area (Å²) in [6, 6.07) is 9.77. The highest BCUT2D eigenvalue weighted by Crippen LogP contribution is 2.53. The van der Waals surface area contributed by atoms with E-state index in [1.807, 2.05) is 37.3 Å².